The fourth-order valence-corrected chi connectivity index (χ4v) is 0.981. The maximum Gasteiger partial charge on any atom is 0.338 e. The monoisotopic (exact) mass is 209 g/mol. The van der Waals surface area contributed by atoms with Crippen LogP contribution in [0.5, 0.6) is 0 Å². The predicted molar refractivity (Wildman–Crippen MR) is 53.5 cm³/mol. The highest BCUT2D eigenvalue weighted by Crippen LogP contribution is 2.01. The summed E-state index contributed by atoms with van der Waals surface area (Å²) < 4.78 is 9.61. The number of carbonyl (C=O) groups is 1. The van der Waals surface area contributed by atoms with Crippen molar-refractivity contribution in [3.05, 3.63) is 42.2 Å². The standard InChI is InChI=1S/C11H13O4/c1-9(12)14-7-8-15-11(13)10-5-3-2-4-6-10/h2-6,12H,7-8H2,1H3. The Morgan fingerprint density at radius 3 is 2.40 bits per heavy atom. The molecule has 0 aromatic heterocycles. The van der Waals surface area contributed by atoms with Gasteiger partial charge in [-0.2, -0.15) is 0 Å². The van der Waals surface area contributed by atoms with Crippen molar-refractivity contribution in [1.29, 1.82) is 0 Å². The first-order valence-electron chi connectivity index (χ1n) is 4.57. The van der Waals surface area contributed by atoms with E-state index in [9.17, 15) is 4.79 Å². The van der Waals surface area contributed by atoms with Gasteiger partial charge in [0.25, 0.3) is 0 Å². The van der Waals surface area contributed by atoms with Crippen molar-refractivity contribution in [1.82, 2.24) is 0 Å². The molecule has 0 heterocycles. The van der Waals surface area contributed by atoms with Gasteiger partial charge in [-0.05, 0) is 19.1 Å². The second-order valence-electron chi connectivity index (χ2n) is 2.87. The number of hydrogen-bond acceptors (Lipinski definition) is 4. The largest absolute Gasteiger partial charge is 0.460 e. The van der Waals surface area contributed by atoms with Crippen molar-refractivity contribution in [2.75, 3.05) is 13.2 Å². The summed E-state index contributed by atoms with van der Waals surface area (Å²) in [5, 5.41) is 8.69. The van der Waals surface area contributed by atoms with Gasteiger partial charge in [-0.25, -0.2) is 4.79 Å². The van der Waals surface area contributed by atoms with Gasteiger partial charge >= 0.3 is 5.97 Å². The molecule has 1 N–H and O–H groups in total. The summed E-state index contributed by atoms with van der Waals surface area (Å²) in [5.41, 5.74) is 0.502. The van der Waals surface area contributed by atoms with Gasteiger partial charge < -0.3 is 14.6 Å². The minimum Gasteiger partial charge on any atom is -0.460 e. The van der Waals surface area contributed by atoms with E-state index in [0.717, 1.165) is 0 Å². The van der Waals surface area contributed by atoms with Crippen LogP contribution in [-0.4, -0.2) is 24.3 Å². The van der Waals surface area contributed by atoms with Crippen LogP contribution in [0.3, 0.4) is 0 Å². The summed E-state index contributed by atoms with van der Waals surface area (Å²) in [4.78, 5) is 11.3. The van der Waals surface area contributed by atoms with Crippen LogP contribution in [-0.2, 0) is 9.47 Å². The second-order valence-corrected chi connectivity index (χ2v) is 2.87. The molecular formula is C11H13O4. The Bertz CT molecular complexity index is 295. The lowest BCUT2D eigenvalue weighted by Gasteiger charge is -2.06. The van der Waals surface area contributed by atoms with E-state index >= 15 is 0 Å². The third-order valence-corrected chi connectivity index (χ3v) is 1.64. The molecule has 1 aromatic rings. The van der Waals surface area contributed by atoms with Gasteiger partial charge in [0.05, 0.1) is 12.2 Å². The molecule has 4 nitrogen and oxygen atoms in total. The van der Waals surface area contributed by atoms with Crippen LogP contribution >= 0.6 is 0 Å². The Kier molecular flexibility index (Phi) is 4.80. The summed E-state index contributed by atoms with van der Waals surface area (Å²) in [6, 6.07) is 8.70. The number of aliphatic hydroxyl groups is 1. The van der Waals surface area contributed by atoms with Crippen LogP contribution in [0.2, 0.25) is 0 Å². The van der Waals surface area contributed by atoms with Crippen LogP contribution in [0.4, 0.5) is 0 Å². The Morgan fingerprint density at radius 2 is 1.80 bits per heavy atom. The van der Waals surface area contributed by atoms with Crippen molar-refractivity contribution in [3.8, 4) is 0 Å². The highest BCUT2D eigenvalue weighted by molar-refractivity contribution is 5.89. The molecule has 0 bridgehead atoms. The Balaban J connectivity index is 2.25. The molecule has 0 aliphatic heterocycles. The topological polar surface area (TPSA) is 55.8 Å². The molecule has 0 saturated heterocycles. The number of esters is 1. The Hall–Kier alpha value is -1.39. The maximum absolute atomic E-state index is 11.3. The van der Waals surface area contributed by atoms with E-state index < -0.39 is 5.97 Å². The van der Waals surface area contributed by atoms with Crippen LogP contribution in [0.15, 0.2) is 30.3 Å². The summed E-state index contributed by atoms with van der Waals surface area (Å²) in [5.74, 6) is -0.394. The summed E-state index contributed by atoms with van der Waals surface area (Å²) in [6.45, 7) is 1.69. The van der Waals surface area contributed by atoms with Gasteiger partial charge in [-0.3, -0.25) is 0 Å². The molecule has 0 unspecified atom stereocenters. The van der Waals surface area contributed by atoms with E-state index in [1.807, 2.05) is 6.07 Å². The molecule has 0 spiro atoms. The first kappa shape index (κ1) is 11.7. The molecule has 1 radical (unpaired) electrons. The highest BCUT2D eigenvalue weighted by atomic mass is 16.6. The molecule has 0 atom stereocenters. The van der Waals surface area contributed by atoms with Crippen LogP contribution in [0.1, 0.15) is 17.3 Å². The fraction of sp³-hybridized carbons (Fsp3) is 0.273. The number of aliphatic hydroxyl groups excluding tert-OH is 1. The molecular weight excluding hydrogens is 196 g/mol. The lowest BCUT2D eigenvalue weighted by atomic mass is 10.2. The molecule has 4 heteroatoms. The summed E-state index contributed by atoms with van der Waals surface area (Å²) >= 11 is 0. The Labute approximate surface area is 88.4 Å². The second kappa shape index (κ2) is 6.16. The zero-order valence-corrected chi connectivity index (χ0v) is 8.47. The van der Waals surface area contributed by atoms with Crippen LogP contribution in [0, 0.1) is 6.29 Å². The zero-order valence-electron chi connectivity index (χ0n) is 8.47. The molecule has 15 heavy (non-hydrogen) atoms. The average Bonchev–Trinajstić information content (AvgIpc) is 2.25. The molecule has 0 amide bonds. The summed E-state index contributed by atoms with van der Waals surface area (Å²) in [7, 11) is 0. The quantitative estimate of drug-likeness (QED) is 0.592. The van der Waals surface area contributed by atoms with Gasteiger partial charge in [0.2, 0.25) is 6.29 Å². The molecule has 0 saturated carbocycles. The number of benzene rings is 1. The van der Waals surface area contributed by atoms with Crippen molar-refractivity contribution in [2.24, 2.45) is 0 Å². The minimum atomic E-state index is -0.394. The van der Waals surface area contributed by atoms with Gasteiger partial charge in [0.15, 0.2) is 0 Å². The van der Waals surface area contributed by atoms with E-state index in [-0.39, 0.29) is 19.5 Å². The lowest BCUT2D eigenvalue weighted by Crippen LogP contribution is -2.11. The van der Waals surface area contributed by atoms with Gasteiger partial charge in [-0.1, -0.05) is 18.2 Å². The zero-order chi connectivity index (χ0) is 11.1. The van der Waals surface area contributed by atoms with Gasteiger partial charge in [0.1, 0.15) is 6.61 Å². The number of hydrogen-bond donors (Lipinski definition) is 1. The van der Waals surface area contributed by atoms with E-state index in [4.69, 9.17) is 14.6 Å². The molecule has 1 aromatic carbocycles. The van der Waals surface area contributed by atoms with Crippen molar-refractivity contribution in [3.63, 3.8) is 0 Å². The van der Waals surface area contributed by atoms with Crippen molar-refractivity contribution in [2.45, 2.75) is 6.92 Å². The average molecular weight is 209 g/mol. The predicted octanol–water partition coefficient (Wildman–Crippen LogP) is 1.74. The van der Waals surface area contributed by atoms with Gasteiger partial charge in [0, 0.05) is 0 Å². The van der Waals surface area contributed by atoms with E-state index in [0.29, 0.717) is 5.56 Å². The van der Waals surface area contributed by atoms with E-state index in [2.05, 4.69) is 0 Å². The molecule has 81 valence electrons. The van der Waals surface area contributed by atoms with Crippen molar-refractivity contribution >= 4 is 5.97 Å². The SMILES string of the molecule is C[C](O)OCCOC(=O)c1ccccc1. The van der Waals surface area contributed by atoms with E-state index in [1.165, 1.54) is 6.92 Å². The van der Waals surface area contributed by atoms with Gasteiger partial charge in [-0.15, -0.1) is 0 Å². The smallest absolute Gasteiger partial charge is 0.338 e. The van der Waals surface area contributed by atoms with E-state index in [1.54, 1.807) is 24.3 Å². The molecule has 0 fully saturated rings. The third kappa shape index (κ3) is 4.58. The maximum atomic E-state index is 11.3. The first-order chi connectivity index (χ1) is 7.20. The number of carbonyl (C=O) groups excluding carboxylic acids is 1. The Morgan fingerprint density at radius 1 is 1.20 bits per heavy atom. The normalized spacial score (nSPS) is 10.3. The van der Waals surface area contributed by atoms with Crippen molar-refractivity contribution < 1.29 is 19.4 Å². The number of ether oxygens (including phenoxy) is 2. The van der Waals surface area contributed by atoms with Crippen LogP contribution in [0.25, 0.3) is 0 Å². The fourth-order valence-electron chi connectivity index (χ4n) is 0.981. The minimum absolute atomic E-state index is 0.117. The first-order valence-corrected chi connectivity index (χ1v) is 4.57. The summed E-state index contributed by atoms with van der Waals surface area (Å²) in [6.07, 6.45) is -0.134. The highest BCUT2D eigenvalue weighted by Gasteiger charge is 2.05. The molecule has 1 rings (SSSR count). The lowest BCUT2D eigenvalue weighted by molar-refractivity contribution is -0.0113. The third-order valence-electron chi connectivity index (χ3n) is 1.64. The molecule has 0 aliphatic carbocycles. The van der Waals surface area contributed by atoms with Crippen LogP contribution < -0.4 is 0 Å². The number of rotatable bonds is 5. The molecule has 0 aliphatic rings.